The average Bonchev–Trinajstić information content (AvgIpc) is 3.25. The number of ether oxygens (including phenoxy) is 6. The predicted octanol–water partition coefficient (Wildman–Crippen LogP) is 5.40. The Morgan fingerprint density at radius 3 is 1.64 bits per heavy atom. The van der Waals surface area contributed by atoms with Crippen LogP contribution in [0, 0.1) is 0 Å². The summed E-state index contributed by atoms with van der Waals surface area (Å²) < 4.78 is 34.0. The molecule has 2 aliphatic rings. The Balaban J connectivity index is 1.82. The molecule has 7 N–H and O–H groups in total. The zero-order valence-corrected chi connectivity index (χ0v) is 36.9. The number of hydrogen-bond acceptors (Lipinski definition) is 14. The van der Waals surface area contributed by atoms with Crippen molar-refractivity contribution < 1.29 is 69.0 Å². The highest BCUT2D eigenvalue weighted by Crippen LogP contribution is 2.26. The average molecular weight is 869 g/mol. The number of unbranched alkanes of at least 4 members (excludes halogenated alkanes) is 10. The number of rotatable bonds is 34. The van der Waals surface area contributed by atoms with Crippen LogP contribution < -0.4 is 0 Å². The Labute approximate surface area is 364 Å². The Bertz CT molecular complexity index is 1240. The van der Waals surface area contributed by atoms with Crippen molar-refractivity contribution in [2.45, 2.75) is 197 Å². The fourth-order valence-corrected chi connectivity index (χ4v) is 6.78. The summed E-state index contributed by atoms with van der Waals surface area (Å²) in [7, 11) is 0. The maximum atomic E-state index is 12.9. The van der Waals surface area contributed by atoms with Gasteiger partial charge in [0.15, 0.2) is 12.6 Å². The number of esters is 1. The highest BCUT2D eigenvalue weighted by molar-refractivity contribution is 5.69. The summed E-state index contributed by atoms with van der Waals surface area (Å²) in [5.41, 5.74) is 0. The summed E-state index contributed by atoms with van der Waals surface area (Å²) in [6, 6.07) is 0. The van der Waals surface area contributed by atoms with Crippen molar-refractivity contribution in [3.63, 3.8) is 0 Å². The van der Waals surface area contributed by atoms with Gasteiger partial charge in [0.05, 0.1) is 26.4 Å². The van der Waals surface area contributed by atoms with Crippen LogP contribution in [0.4, 0.5) is 0 Å². The van der Waals surface area contributed by atoms with Gasteiger partial charge in [0.25, 0.3) is 0 Å². The number of hydrogen-bond donors (Lipinski definition) is 7. The summed E-state index contributed by atoms with van der Waals surface area (Å²) in [6.07, 6.45) is 23.1. The first-order valence-electron chi connectivity index (χ1n) is 22.9. The number of allylic oxidation sites excluding steroid dienone is 10. The molecule has 0 radical (unpaired) electrons. The van der Waals surface area contributed by atoms with E-state index in [2.05, 4.69) is 74.6 Å². The normalized spacial score (nSPS) is 28.0. The van der Waals surface area contributed by atoms with E-state index in [1.165, 1.54) is 32.1 Å². The first-order valence-corrected chi connectivity index (χ1v) is 22.9. The summed E-state index contributed by atoms with van der Waals surface area (Å²) >= 11 is 0. The third-order valence-electron chi connectivity index (χ3n) is 10.5. The van der Waals surface area contributed by atoms with E-state index in [1.807, 2.05) is 0 Å². The number of carbonyl (C=O) groups excluding carboxylic acids is 1. The van der Waals surface area contributed by atoms with Gasteiger partial charge in [-0.1, -0.05) is 126 Å². The first kappa shape index (κ1) is 54.8. The van der Waals surface area contributed by atoms with Crippen molar-refractivity contribution in [1.29, 1.82) is 0 Å². The fraction of sp³-hybridized carbons (Fsp3) is 0.766. The van der Waals surface area contributed by atoms with E-state index in [4.69, 9.17) is 28.4 Å². The van der Waals surface area contributed by atoms with Gasteiger partial charge < -0.3 is 64.2 Å². The van der Waals surface area contributed by atoms with Crippen LogP contribution in [0.1, 0.15) is 129 Å². The van der Waals surface area contributed by atoms with E-state index < -0.39 is 86.7 Å². The molecule has 61 heavy (non-hydrogen) atoms. The monoisotopic (exact) mass is 869 g/mol. The molecule has 0 aromatic carbocycles. The van der Waals surface area contributed by atoms with Gasteiger partial charge in [0.2, 0.25) is 0 Å². The van der Waals surface area contributed by atoms with E-state index >= 15 is 0 Å². The standard InChI is InChI=1S/C47H80O14/c1-3-5-7-9-11-13-14-15-16-17-18-19-20-21-23-25-27-29-31-56-33-36(59-39(49)30-28-26-24-22-12-10-8-6-4-2)34-57-46-45(55)43(53)41(51)38(61-46)35-58-47-44(54)42(52)40(50)37(32-48)60-47/h5,7,11,13,15-16,18-19,21,23,36-38,40-48,50-55H,3-4,6,8-10,12,14,17,20,22,24-35H2,1-2H3/b7-5-,13-11-,16-15-,19-18-,23-21-. The van der Waals surface area contributed by atoms with Crippen LogP contribution in [0.5, 0.6) is 0 Å². The van der Waals surface area contributed by atoms with Gasteiger partial charge in [0.1, 0.15) is 54.9 Å². The topological polar surface area (TPSA) is 214 Å². The predicted molar refractivity (Wildman–Crippen MR) is 233 cm³/mol. The zero-order valence-electron chi connectivity index (χ0n) is 36.9. The number of carbonyl (C=O) groups is 1. The highest BCUT2D eigenvalue weighted by Gasteiger charge is 2.47. The second-order valence-corrected chi connectivity index (χ2v) is 15.8. The van der Waals surface area contributed by atoms with Gasteiger partial charge in [0, 0.05) is 13.0 Å². The van der Waals surface area contributed by atoms with Gasteiger partial charge in [-0.05, 0) is 57.8 Å². The largest absolute Gasteiger partial charge is 0.457 e. The van der Waals surface area contributed by atoms with Gasteiger partial charge in [-0.25, -0.2) is 0 Å². The lowest BCUT2D eigenvalue weighted by atomic mass is 9.98. The van der Waals surface area contributed by atoms with Crippen molar-refractivity contribution in [2.24, 2.45) is 0 Å². The van der Waals surface area contributed by atoms with Crippen molar-refractivity contribution in [2.75, 3.05) is 33.0 Å². The van der Waals surface area contributed by atoms with E-state index in [0.29, 0.717) is 13.0 Å². The van der Waals surface area contributed by atoms with E-state index in [9.17, 15) is 40.5 Å². The van der Waals surface area contributed by atoms with Crippen LogP contribution in [0.15, 0.2) is 60.8 Å². The minimum Gasteiger partial charge on any atom is -0.457 e. The van der Waals surface area contributed by atoms with Crippen LogP contribution in [0.3, 0.4) is 0 Å². The quantitative estimate of drug-likeness (QED) is 0.0245. The summed E-state index contributed by atoms with van der Waals surface area (Å²) in [5, 5.41) is 71.8. The molecule has 0 bridgehead atoms. The lowest BCUT2D eigenvalue weighted by Gasteiger charge is -2.42. The fourth-order valence-electron chi connectivity index (χ4n) is 6.78. The van der Waals surface area contributed by atoms with Gasteiger partial charge in [-0.15, -0.1) is 0 Å². The van der Waals surface area contributed by atoms with Crippen LogP contribution in [-0.2, 0) is 33.2 Å². The van der Waals surface area contributed by atoms with E-state index in [0.717, 1.165) is 70.6 Å². The molecule has 0 spiro atoms. The van der Waals surface area contributed by atoms with Crippen molar-refractivity contribution >= 4 is 5.97 Å². The lowest BCUT2D eigenvalue weighted by molar-refractivity contribution is -0.332. The molecule has 2 aliphatic heterocycles. The second kappa shape index (κ2) is 35.1. The van der Waals surface area contributed by atoms with Crippen molar-refractivity contribution in [1.82, 2.24) is 0 Å². The summed E-state index contributed by atoms with van der Waals surface area (Å²) in [4.78, 5) is 12.9. The van der Waals surface area contributed by atoms with Crippen LogP contribution >= 0.6 is 0 Å². The van der Waals surface area contributed by atoms with Crippen molar-refractivity contribution in [3.8, 4) is 0 Å². The molecular weight excluding hydrogens is 789 g/mol. The molecule has 14 heteroatoms. The second-order valence-electron chi connectivity index (χ2n) is 15.8. The molecule has 11 unspecified atom stereocenters. The Hall–Kier alpha value is -2.31. The first-order chi connectivity index (χ1) is 29.6. The SMILES string of the molecule is CC/C=C\C/C=C\C/C=C\C/C=C\C/C=C\CCCCOCC(COC1OC(COC2OC(CO)C(O)C(O)C2O)C(O)C(O)C1O)OC(=O)CCCCCCCCCCC. The molecule has 0 aliphatic carbocycles. The molecule has 352 valence electrons. The Morgan fingerprint density at radius 1 is 0.557 bits per heavy atom. The molecular formula is C47H80O14. The smallest absolute Gasteiger partial charge is 0.306 e. The van der Waals surface area contributed by atoms with Gasteiger partial charge in [-0.3, -0.25) is 4.79 Å². The molecule has 0 aromatic rings. The third kappa shape index (κ3) is 23.8. The molecule has 0 saturated carbocycles. The molecule has 14 nitrogen and oxygen atoms in total. The maximum absolute atomic E-state index is 12.9. The number of aliphatic hydroxyl groups is 7. The number of aliphatic hydroxyl groups excluding tert-OH is 7. The third-order valence-corrected chi connectivity index (χ3v) is 10.5. The lowest BCUT2D eigenvalue weighted by Crippen LogP contribution is -2.61. The summed E-state index contributed by atoms with van der Waals surface area (Å²) in [5.74, 6) is -0.398. The molecule has 2 fully saturated rings. The van der Waals surface area contributed by atoms with Crippen LogP contribution in [-0.4, -0.2) is 142 Å². The van der Waals surface area contributed by atoms with Gasteiger partial charge in [-0.2, -0.15) is 0 Å². The molecule has 2 heterocycles. The molecule has 11 atom stereocenters. The minimum absolute atomic E-state index is 0.0306. The molecule has 0 amide bonds. The maximum Gasteiger partial charge on any atom is 0.306 e. The van der Waals surface area contributed by atoms with Gasteiger partial charge >= 0.3 is 5.97 Å². The van der Waals surface area contributed by atoms with E-state index in [-0.39, 0.29) is 19.6 Å². The Morgan fingerprint density at radius 2 is 1.07 bits per heavy atom. The van der Waals surface area contributed by atoms with Crippen LogP contribution in [0.25, 0.3) is 0 Å². The Kier molecular flexibility index (Phi) is 31.5. The molecule has 2 saturated heterocycles. The van der Waals surface area contributed by atoms with Crippen molar-refractivity contribution in [3.05, 3.63) is 60.8 Å². The summed E-state index contributed by atoms with van der Waals surface area (Å²) in [6.45, 7) is 3.40. The molecule has 2 rings (SSSR count). The zero-order chi connectivity index (χ0) is 44.5. The van der Waals surface area contributed by atoms with Crippen LogP contribution in [0.2, 0.25) is 0 Å². The molecule has 0 aromatic heterocycles. The highest BCUT2D eigenvalue weighted by atomic mass is 16.7. The van der Waals surface area contributed by atoms with E-state index in [1.54, 1.807) is 0 Å². The minimum atomic E-state index is -1.71.